The standard InChI is InChI=1S/C18H25ClN2O2/c1-2-11-20-17(22)14-5-7-15(8-6-14)18(23)21-12-13-3-9-16(19)10-4-13/h3-4,9-10,14-15H,2,5-8,11-12H2,1H3,(H,20,22)(H,21,23). The van der Waals surface area contributed by atoms with E-state index in [0.29, 0.717) is 11.6 Å². The topological polar surface area (TPSA) is 58.2 Å². The zero-order chi connectivity index (χ0) is 16.7. The summed E-state index contributed by atoms with van der Waals surface area (Å²) >= 11 is 5.85. The Morgan fingerprint density at radius 1 is 1.00 bits per heavy atom. The first kappa shape index (κ1) is 17.8. The number of rotatable bonds is 6. The van der Waals surface area contributed by atoms with Crippen molar-refractivity contribution < 1.29 is 9.59 Å². The van der Waals surface area contributed by atoms with Gasteiger partial charge in [-0.2, -0.15) is 0 Å². The van der Waals surface area contributed by atoms with Crippen LogP contribution in [0, 0.1) is 11.8 Å². The Morgan fingerprint density at radius 3 is 2.04 bits per heavy atom. The third-order valence-electron chi connectivity index (χ3n) is 4.40. The molecule has 0 atom stereocenters. The first-order valence-corrected chi connectivity index (χ1v) is 8.77. The number of carbonyl (C=O) groups is 2. The monoisotopic (exact) mass is 336 g/mol. The molecule has 0 saturated heterocycles. The Balaban J connectivity index is 1.73. The summed E-state index contributed by atoms with van der Waals surface area (Å²) in [7, 11) is 0. The van der Waals surface area contributed by atoms with Crippen molar-refractivity contribution in [1.82, 2.24) is 10.6 Å². The Morgan fingerprint density at radius 2 is 1.52 bits per heavy atom. The smallest absolute Gasteiger partial charge is 0.223 e. The highest BCUT2D eigenvalue weighted by Crippen LogP contribution is 2.29. The lowest BCUT2D eigenvalue weighted by Gasteiger charge is -2.27. The number of nitrogens with one attached hydrogen (secondary N) is 2. The van der Waals surface area contributed by atoms with Gasteiger partial charge in [0.1, 0.15) is 0 Å². The van der Waals surface area contributed by atoms with Crippen LogP contribution < -0.4 is 10.6 Å². The molecule has 5 heteroatoms. The van der Waals surface area contributed by atoms with Gasteiger partial charge in [0.05, 0.1) is 0 Å². The van der Waals surface area contributed by atoms with Crippen LogP contribution in [0.5, 0.6) is 0 Å². The summed E-state index contributed by atoms with van der Waals surface area (Å²) < 4.78 is 0. The van der Waals surface area contributed by atoms with Gasteiger partial charge >= 0.3 is 0 Å². The van der Waals surface area contributed by atoms with Gasteiger partial charge in [0.2, 0.25) is 11.8 Å². The maximum Gasteiger partial charge on any atom is 0.223 e. The Kier molecular flexibility index (Phi) is 6.90. The first-order chi connectivity index (χ1) is 11.1. The van der Waals surface area contributed by atoms with Gasteiger partial charge in [-0.25, -0.2) is 0 Å². The van der Waals surface area contributed by atoms with E-state index in [2.05, 4.69) is 10.6 Å². The van der Waals surface area contributed by atoms with Gasteiger partial charge in [0.15, 0.2) is 0 Å². The molecule has 2 rings (SSSR count). The molecular formula is C18H25ClN2O2. The van der Waals surface area contributed by atoms with Crippen LogP contribution in [-0.4, -0.2) is 18.4 Å². The summed E-state index contributed by atoms with van der Waals surface area (Å²) in [5, 5.41) is 6.63. The largest absolute Gasteiger partial charge is 0.356 e. The minimum absolute atomic E-state index is 0.0255. The van der Waals surface area contributed by atoms with Crippen molar-refractivity contribution in [1.29, 1.82) is 0 Å². The molecule has 0 bridgehead atoms. The Bertz CT molecular complexity index is 522. The molecule has 1 aliphatic rings. The van der Waals surface area contributed by atoms with Crippen molar-refractivity contribution in [2.75, 3.05) is 6.54 Å². The molecule has 1 saturated carbocycles. The minimum atomic E-state index is 0.0255. The Hall–Kier alpha value is -1.55. The fraction of sp³-hybridized carbons (Fsp3) is 0.556. The van der Waals surface area contributed by atoms with E-state index >= 15 is 0 Å². The van der Waals surface area contributed by atoms with E-state index in [1.54, 1.807) is 0 Å². The molecule has 0 heterocycles. The lowest BCUT2D eigenvalue weighted by atomic mass is 9.81. The highest BCUT2D eigenvalue weighted by molar-refractivity contribution is 6.30. The van der Waals surface area contributed by atoms with E-state index in [4.69, 9.17) is 11.6 Å². The van der Waals surface area contributed by atoms with Crippen molar-refractivity contribution in [2.45, 2.75) is 45.6 Å². The summed E-state index contributed by atoms with van der Waals surface area (Å²) in [5.74, 6) is 0.332. The van der Waals surface area contributed by atoms with Crippen LogP contribution >= 0.6 is 11.6 Å². The number of carbonyl (C=O) groups excluding carboxylic acids is 2. The molecule has 1 fully saturated rings. The van der Waals surface area contributed by atoms with Crippen molar-refractivity contribution in [2.24, 2.45) is 11.8 Å². The summed E-state index contributed by atoms with van der Waals surface area (Å²) in [4.78, 5) is 24.2. The second-order valence-corrected chi connectivity index (χ2v) is 6.62. The third kappa shape index (κ3) is 5.54. The molecule has 126 valence electrons. The van der Waals surface area contributed by atoms with Crippen LogP contribution in [-0.2, 0) is 16.1 Å². The summed E-state index contributed by atoms with van der Waals surface area (Å²) in [6.07, 6.45) is 4.13. The number of amides is 2. The van der Waals surface area contributed by atoms with Crippen LogP contribution in [0.25, 0.3) is 0 Å². The quantitative estimate of drug-likeness (QED) is 0.837. The third-order valence-corrected chi connectivity index (χ3v) is 4.65. The van der Waals surface area contributed by atoms with Gasteiger partial charge in [0, 0.05) is 29.9 Å². The van der Waals surface area contributed by atoms with Crippen LogP contribution in [0.15, 0.2) is 24.3 Å². The second-order valence-electron chi connectivity index (χ2n) is 6.18. The first-order valence-electron chi connectivity index (χ1n) is 8.40. The Labute approximate surface area is 143 Å². The molecule has 2 N–H and O–H groups in total. The molecule has 0 aromatic heterocycles. The molecule has 4 nitrogen and oxygen atoms in total. The molecule has 1 aromatic carbocycles. The lowest BCUT2D eigenvalue weighted by Crippen LogP contribution is -2.37. The van der Waals surface area contributed by atoms with Gasteiger partial charge in [-0.15, -0.1) is 0 Å². The molecule has 0 spiro atoms. The molecule has 23 heavy (non-hydrogen) atoms. The van der Waals surface area contributed by atoms with Crippen LogP contribution in [0.3, 0.4) is 0 Å². The van der Waals surface area contributed by atoms with E-state index in [9.17, 15) is 9.59 Å². The van der Waals surface area contributed by atoms with Crippen LogP contribution in [0.1, 0.15) is 44.6 Å². The lowest BCUT2D eigenvalue weighted by molar-refractivity contribution is -0.130. The number of halogens is 1. The van der Waals surface area contributed by atoms with Gasteiger partial charge in [-0.3, -0.25) is 9.59 Å². The number of hydrogen-bond donors (Lipinski definition) is 2. The van der Waals surface area contributed by atoms with Crippen molar-refractivity contribution in [3.05, 3.63) is 34.9 Å². The van der Waals surface area contributed by atoms with Gasteiger partial charge in [0.25, 0.3) is 0 Å². The van der Waals surface area contributed by atoms with Crippen molar-refractivity contribution in [3.8, 4) is 0 Å². The fourth-order valence-electron chi connectivity index (χ4n) is 2.95. The van der Waals surface area contributed by atoms with E-state index in [0.717, 1.165) is 44.2 Å². The highest BCUT2D eigenvalue weighted by Gasteiger charge is 2.29. The molecule has 0 aliphatic heterocycles. The van der Waals surface area contributed by atoms with Gasteiger partial charge in [-0.05, 0) is 49.8 Å². The van der Waals surface area contributed by atoms with Gasteiger partial charge in [-0.1, -0.05) is 30.7 Å². The van der Waals surface area contributed by atoms with Crippen molar-refractivity contribution in [3.63, 3.8) is 0 Å². The molecule has 0 unspecified atom stereocenters. The zero-order valence-corrected chi connectivity index (χ0v) is 14.4. The molecule has 1 aromatic rings. The molecule has 1 aliphatic carbocycles. The minimum Gasteiger partial charge on any atom is -0.356 e. The predicted molar refractivity (Wildman–Crippen MR) is 92.0 cm³/mol. The molecule has 2 amide bonds. The molecular weight excluding hydrogens is 312 g/mol. The maximum atomic E-state index is 12.2. The SMILES string of the molecule is CCCNC(=O)C1CCC(C(=O)NCc2ccc(Cl)cc2)CC1. The number of benzene rings is 1. The average Bonchev–Trinajstić information content (AvgIpc) is 2.59. The zero-order valence-electron chi connectivity index (χ0n) is 13.6. The molecule has 0 radical (unpaired) electrons. The van der Waals surface area contributed by atoms with Crippen LogP contribution in [0.2, 0.25) is 5.02 Å². The van der Waals surface area contributed by atoms with E-state index in [1.807, 2.05) is 31.2 Å². The highest BCUT2D eigenvalue weighted by atomic mass is 35.5. The normalized spacial score (nSPS) is 20.8. The second kappa shape index (κ2) is 8.92. The summed E-state index contributed by atoms with van der Waals surface area (Å²) in [6.45, 7) is 3.30. The van der Waals surface area contributed by atoms with Crippen LogP contribution in [0.4, 0.5) is 0 Å². The van der Waals surface area contributed by atoms with Gasteiger partial charge < -0.3 is 10.6 Å². The predicted octanol–water partition coefficient (Wildman–Crippen LogP) is 3.29. The summed E-state index contributed by atoms with van der Waals surface area (Å²) in [6, 6.07) is 7.47. The average molecular weight is 337 g/mol. The van der Waals surface area contributed by atoms with E-state index in [-0.39, 0.29) is 23.7 Å². The van der Waals surface area contributed by atoms with E-state index in [1.165, 1.54) is 0 Å². The van der Waals surface area contributed by atoms with Crippen molar-refractivity contribution >= 4 is 23.4 Å². The summed E-state index contributed by atoms with van der Waals surface area (Å²) in [5.41, 5.74) is 1.04. The fourth-order valence-corrected chi connectivity index (χ4v) is 3.07. The maximum absolute atomic E-state index is 12.2. The number of hydrogen-bond acceptors (Lipinski definition) is 2. The van der Waals surface area contributed by atoms with E-state index < -0.39 is 0 Å².